The predicted octanol–water partition coefficient (Wildman–Crippen LogP) is 3.96. The van der Waals surface area contributed by atoms with Gasteiger partial charge in [0.2, 0.25) is 5.91 Å². The van der Waals surface area contributed by atoms with E-state index in [9.17, 15) is 4.79 Å². The van der Waals surface area contributed by atoms with Crippen LogP contribution in [0.3, 0.4) is 0 Å². The van der Waals surface area contributed by atoms with Gasteiger partial charge in [-0.2, -0.15) is 0 Å². The summed E-state index contributed by atoms with van der Waals surface area (Å²) < 4.78 is 0. The molecular formula is C19H16N2O. The second-order valence-corrected chi connectivity index (χ2v) is 5.65. The van der Waals surface area contributed by atoms with Gasteiger partial charge in [-0.25, -0.2) is 0 Å². The fourth-order valence-electron chi connectivity index (χ4n) is 3.23. The fourth-order valence-corrected chi connectivity index (χ4v) is 3.23. The number of amides is 1. The number of hydrogen-bond donors (Lipinski definition) is 1. The topological polar surface area (TPSA) is 42.0 Å². The molecule has 3 aromatic rings. The van der Waals surface area contributed by atoms with Crippen molar-refractivity contribution >= 4 is 22.4 Å². The molecule has 2 aromatic carbocycles. The Kier molecular flexibility index (Phi) is 2.93. The highest BCUT2D eigenvalue weighted by Gasteiger charge is 2.21. The lowest BCUT2D eigenvalue weighted by Gasteiger charge is -2.12. The Morgan fingerprint density at radius 1 is 1.23 bits per heavy atom. The van der Waals surface area contributed by atoms with Gasteiger partial charge in [-0.15, -0.1) is 0 Å². The average Bonchev–Trinajstić information content (AvgIpc) is 2.93. The van der Waals surface area contributed by atoms with Crippen molar-refractivity contribution in [1.29, 1.82) is 0 Å². The number of pyridine rings is 1. The van der Waals surface area contributed by atoms with Crippen molar-refractivity contribution in [2.24, 2.45) is 0 Å². The number of nitrogens with one attached hydrogen (secondary N) is 1. The van der Waals surface area contributed by atoms with Crippen molar-refractivity contribution < 1.29 is 4.79 Å². The van der Waals surface area contributed by atoms with Gasteiger partial charge in [0, 0.05) is 23.5 Å². The summed E-state index contributed by atoms with van der Waals surface area (Å²) in [6.07, 6.45) is 5.09. The normalized spacial score (nSPS) is 13.2. The zero-order valence-corrected chi connectivity index (χ0v) is 12.4. The molecule has 0 saturated heterocycles. The summed E-state index contributed by atoms with van der Waals surface area (Å²) in [4.78, 5) is 15.9. The maximum atomic E-state index is 11.7. The van der Waals surface area contributed by atoms with Crippen LogP contribution in [-0.4, -0.2) is 10.9 Å². The first-order valence-corrected chi connectivity index (χ1v) is 7.55. The van der Waals surface area contributed by atoms with Crippen molar-refractivity contribution in [2.75, 3.05) is 5.32 Å². The summed E-state index contributed by atoms with van der Waals surface area (Å²) in [6.45, 7) is 2.12. The molecule has 0 bridgehead atoms. The highest BCUT2D eigenvalue weighted by Crippen LogP contribution is 2.35. The van der Waals surface area contributed by atoms with E-state index in [1.165, 1.54) is 22.1 Å². The molecule has 1 aliphatic rings. The number of nitrogens with zero attached hydrogens (tertiary/aromatic N) is 1. The van der Waals surface area contributed by atoms with Gasteiger partial charge in [0.15, 0.2) is 0 Å². The third kappa shape index (κ3) is 1.98. The minimum absolute atomic E-state index is 0.0870. The first kappa shape index (κ1) is 13.0. The lowest BCUT2D eigenvalue weighted by molar-refractivity contribution is -0.115. The van der Waals surface area contributed by atoms with Gasteiger partial charge in [-0.3, -0.25) is 9.78 Å². The molecule has 0 aliphatic carbocycles. The summed E-state index contributed by atoms with van der Waals surface area (Å²) in [5.41, 5.74) is 5.67. The second-order valence-electron chi connectivity index (χ2n) is 5.65. The predicted molar refractivity (Wildman–Crippen MR) is 88.9 cm³/mol. The first-order chi connectivity index (χ1) is 10.8. The molecule has 0 fully saturated rings. The number of hydrogen-bond acceptors (Lipinski definition) is 2. The lowest BCUT2D eigenvalue weighted by atomic mass is 9.94. The van der Waals surface area contributed by atoms with E-state index in [0.717, 1.165) is 23.1 Å². The van der Waals surface area contributed by atoms with E-state index in [1.54, 1.807) is 0 Å². The number of rotatable bonds is 2. The number of anilines is 1. The summed E-state index contributed by atoms with van der Waals surface area (Å²) in [7, 11) is 0. The van der Waals surface area contributed by atoms with Crippen LogP contribution in [0.4, 0.5) is 5.69 Å². The minimum Gasteiger partial charge on any atom is -0.325 e. The van der Waals surface area contributed by atoms with Crippen LogP contribution in [0.15, 0.2) is 48.8 Å². The van der Waals surface area contributed by atoms with Crippen molar-refractivity contribution in [2.45, 2.75) is 19.8 Å². The van der Waals surface area contributed by atoms with Crippen molar-refractivity contribution in [3.8, 4) is 11.1 Å². The minimum atomic E-state index is 0.0870. The molecular weight excluding hydrogens is 272 g/mol. The van der Waals surface area contributed by atoms with Crippen LogP contribution >= 0.6 is 0 Å². The maximum absolute atomic E-state index is 11.7. The van der Waals surface area contributed by atoms with Gasteiger partial charge in [0.05, 0.1) is 6.42 Å². The number of aryl methyl sites for hydroxylation is 1. The van der Waals surface area contributed by atoms with E-state index in [2.05, 4.69) is 47.6 Å². The number of carbonyl (C=O) groups excluding carboxylic acids is 1. The van der Waals surface area contributed by atoms with Gasteiger partial charge in [-0.05, 0) is 52.3 Å². The smallest absolute Gasteiger partial charge is 0.228 e. The van der Waals surface area contributed by atoms with E-state index >= 15 is 0 Å². The Hall–Kier alpha value is -2.68. The largest absolute Gasteiger partial charge is 0.325 e. The molecule has 0 saturated carbocycles. The highest BCUT2D eigenvalue weighted by atomic mass is 16.1. The number of fused-ring (bicyclic) bond motifs is 2. The monoisotopic (exact) mass is 288 g/mol. The third-order valence-corrected chi connectivity index (χ3v) is 4.29. The molecule has 1 aliphatic heterocycles. The van der Waals surface area contributed by atoms with Crippen LogP contribution in [0.5, 0.6) is 0 Å². The molecule has 108 valence electrons. The Bertz CT molecular complexity index is 894. The summed E-state index contributed by atoms with van der Waals surface area (Å²) in [5, 5.41) is 5.31. The van der Waals surface area contributed by atoms with Crippen molar-refractivity contribution in [3.63, 3.8) is 0 Å². The average molecular weight is 288 g/mol. The molecule has 0 atom stereocenters. The zero-order valence-electron chi connectivity index (χ0n) is 12.4. The van der Waals surface area contributed by atoms with Gasteiger partial charge >= 0.3 is 0 Å². The van der Waals surface area contributed by atoms with Crippen LogP contribution in [0, 0.1) is 0 Å². The third-order valence-electron chi connectivity index (χ3n) is 4.29. The van der Waals surface area contributed by atoms with E-state index in [1.807, 2.05) is 18.5 Å². The zero-order chi connectivity index (χ0) is 15.1. The molecule has 1 N–H and O–H groups in total. The van der Waals surface area contributed by atoms with E-state index < -0.39 is 0 Å². The van der Waals surface area contributed by atoms with Crippen LogP contribution in [-0.2, 0) is 17.6 Å². The standard InChI is InChI=1S/C19H16N2O/c1-2-12-8-14(9-15-10-18(22)21-19(12)15)16-5-3-4-13-11-20-7-6-17(13)16/h3-9,11H,2,10H2,1H3,(H,21,22). The van der Waals surface area contributed by atoms with Gasteiger partial charge in [0.25, 0.3) is 0 Å². The first-order valence-electron chi connectivity index (χ1n) is 7.55. The SMILES string of the molecule is CCc1cc(-c2cccc3cnccc23)cc2c1NC(=O)C2. The maximum Gasteiger partial charge on any atom is 0.228 e. The highest BCUT2D eigenvalue weighted by molar-refractivity contribution is 6.02. The van der Waals surface area contributed by atoms with Crippen LogP contribution in [0.25, 0.3) is 21.9 Å². The molecule has 3 nitrogen and oxygen atoms in total. The Morgan fingerprint density at radius 2 is 2.14 bits per heavy atom. The lowest BCUT2D eigenvalue weighted by Crippen LogP contribution is -2.04. The molecule has 0 spiro atoms. The number of aromatic nitrogens is 1. The molecule has 1 amide bonds. The van der Waals surface area contributed by atoms with Gasteiger partial charge in [0.1, 0.15) is 0 Å². The Labute approximate surface area is 129 Å². The molecule has 3 heteroatoms. The van der Waals surface area contributed by atoms with Gasteiger partial charge < -0.3 is 5.32 Å². The molecule has 22 heavy (non-hydrogen) atoms. The Morgan fingerprint density at radius 3 is 3.00 bits per heavy atom. The van der Waals surface area contributed by atoms with Gasteiger partial charge in [-0.1, -0.05) is 25.1 Å². The van der Waals surface area contributed by atoms with Crippen molar-refractivity contribution in [1.82, 2.24) is 4.98 Å². The van der Waals surface area contributed by atoms with Crippen molar-refractivity contribution in [3.05, 3.63) is 59.9 Å². The number of carbonyl (C=O) groups is 1. The van der Waals surface area contributed by atoms with Crippen LogP contribution in [0.2, 0.25) is 0 Å². The number of benzene rings is 2. The second kappa shape index (κ2) is 4.95. The van der Waals surface area contributed by atoms with Crippen LogP contribution < -0.4 is 5.32 Å². The molecule has 1 aromatic heterocycles. The van der Waals surface area contributed by atoms with E-state index in [0.29, 0.717) is 6.42 Å². The summed E-state index contributed by atoms with van der Waals surface area (Å²) in [6, 6.07) is 12.6. The molecule has 2 heterocycles. The fraction of sp³-hybridized carbons (Fsp3) is 0.158. The van der Waals surface area contributed by atoms with E-state index in [4.69, 9.17) is 0 Å². The van der Waals surface area contributed by atoms with Crippen LogP contribution in [0.1, 0.15) is 18.1 Å². The van der Waals surface area contributed by atoms with E-state index in [-0.39, 0.29) is 5.91 Å². The molecule has 4 rings (SSSR count). The quantitative estimate of drug-likeness (QED) is 0.775. The summed E-state index contributed by atoms with van der Waals surface area (Å²) >= 11 is 0. The molecule has 0 radical (unpaired) electrons. The summed E-state index contributed by atoms with van der Waals surface area (Å²) in [5.74, 6) is 0.0870. The Balaban J connectivity index is 1.96. The molecule has 0 unspecified atom stereocenters.